The van der Waals surface area contributed by atoms with E-state index in [4.69, 9.17) is 14.6 Å². The van der Waals surface area contributed by atoms with E-state index in [1.54, 1.807) is 54.5 Å². The maximum atomic E-state index is 13.9. The number of carbonyl (C=O) groups is 2. The number of hydrogen-bond donors (Lipinski definition) is 2. The molecule has 2 atom stereocenters. The summed E-state index contributed by atoms with van der Waals surface area (Å²) in [6.07, 6.45) is 1.09. The number of nitrogens with zero attached hydrogens (tertiary/aromatic N) is 2. The quantitative estimate of drug-likeness (QED) is 0.313. The number of ether oxygens (including phenoxy) is 2. The van der Waals surface area contributed by atoms with Crippen LogP contribution >= 0.6 is 11.3 Å². The maximum absolute atomic E-state index is 13.9. The van der Waals surface area contributed by atoms with Gasteiger partial charge in [-0.1, -0.05) is 24.3 Å². The van der Waals surface area contributed by atoms with E-state index in [1.807, 2.05) is 36.6 Å². The van der Waals surface area contributed by atoms with Crippen molar-refractivity contribution in [3.8, 4) is 17.2 Å². The molecule has 9 heteroatoms. The Hall–Kier alpha value is -4.37. The van der Waals surface area contributed by atoms with E-state index in [0.717, 1.165) is 22.4 Å². The third-order valence-corrected chi connectivity index (χ3v) is 8.55. The molecule has 1 aliphatic carbocycles. The maximum Gasteiger partial charge on any atom is 0.337 e. The molecule has 0 amide bonds. The predicted octanol–water partition coefficient (Wildman–Crippen LogP) is 5.92. The molecule has 2 aromatic carbocycles. The van der Waals surface area contributed by atoms with Crippen LogP contribution in [0.1, 0.15) is 56.7 Å². The van der Waals surface area contributed by atoms with Crippen molar-refractivity contribution >= 4 is 28.9 Å². The van der Waals surface area contributed by atoms with Gasteiger partial charge in [-0.25, -0.2) is 9.48 Å². The van der Waals surface area contributed by atoms with Gasteiger partial charge < -0.3 is 19.9 Å². The number of hydrogen-bond acceptors (Lipinski definition) is 7. The number of carboxylic acid groups (broad SMARTS) is 1. The minimum atomic E-state index is -1.04. The normalized spacial score (nSPS) is 18.3. The third kappa shape index (κ3) is 4.10. The highest BCUT2D eigenvalue weighted by atomic mass is 32.1. The SMILES string of the molecule is COc1ccc([C@@H]2C3=C(C[C@@H](c4cccs4)CC3=O)Nc3c2c(C)nn3-c2ccccc2C(=O)O)cc1OC. The lowest BCUT2D eigenvalue weighted by atomic mass is 9.73. The Morgan fingerprint density at radius 1 is 1.08 bits per heavy atom. The van der Waals surface area contributed by atoms with Gasteiger partial charge in [-0.05, 0) is 54.6 Å². The second-order valence-corrected chi connectivity index (χ2v) is 10.7. The number of anilines is 1. The van der Waals surface area contributed by atoms with Crippen molar-refractivity contribution in [2.45, 2.75) is 31.6 Å². The molecule has 4 aromatic rings. The Balaban J connectivity index is 1.58. The fraction of sp³-hybridized carbons (Fsp3) is 0.233. The number of nitrogens with one attached hydrogen (secondary N) is 1. The number of benzene rings is 2. The second kappa shape index (κ2) is 9.74. The molecule has 2 aliphatic rings. The smallest absolute Gasteiger partial charge is 0.337 e. The lowest BCUT2D eigenvalue weighted by molar-refractivity contribution is -0.116. The molecule has 1 aliphatic heterocycles. The number of aryl methyl sites for hydroxylation is 1. The number of methoxy groups -OCH3 is 2. The molecule has 0 fully saturated rings. The summed E-state index contributed by atoms with van der Waals surface area (Å²) >= 11 is 1.66. The fourth-order valence-electron chi connectivity index (χ4n) is 5.78. The van der Waals surface area contributed by atoms with Crippen LogP contribution < -0.4 is 14.8 Å². The molecule has 0 saturated heterocycles. The summed E-state index contributed by atoms with van der Waals surface area (Å²) in [5.74, 6) is 0.548. The van der Waals surface area contributed by atoms with E-state index in [-0.39, 0.29) is 17.3 Å². The van der Waals surface area contributed by atoms with Gasteiger partial charge in [0.25, 0.3) is 0 Å². The van der Waals surface area contributed by atoms with Gasteiger partial charge in [0, 0.05) is 40.0 Å². The summed E-state index contributed by atoms with van der Waals surface area (Å²) in [6.45, 7) is 1.89. The van der Waals surface area contributed by atoms with E-state index < -0.39 is 11.9 Å². The third-order valence-electron chi connectivity index (χ3n) is 7.51. The Morgan fingerprint density at radius 3 is 2.59 bits per heavy atom. The number of Topliss-reactive ketones (excluding diaryl/α,β-unsaturated/α-hetero) is 1. The minimum Gasteiger partial charge on any atom is -0.493 e. The average Bonchev–Trinajstić information content (AvgIpc) is 3.60. The number of fused-ring (bicyclic) bond motifs is 1. The molecule has 3 heterocycles. The Bertz CT molecular complexity index is 1640. The zero-order valence-corrected chi connectivity index (χ0v) is 22.5. The molecule has 39 heavy (non-hydrogen) atoms. The Labute approximate surface area is 229 Å². The van der Waals surface area contributed by atoms with Crippen LogP contribution in [0.3, 0.4) is 0 Å². The van der Waals surface area contributed by atoms with E-state index in [1.165, 1.54) is 4.88 Å². The van der Waals surface area contributed by atoms with Crippen LogP contribution in [0.5, 0.6) is 11.5 Å². The summed E-state index contributed by atoms with van der Waals surface area (Å²) in [5, 5.41) is 20.3. The highest BCUT2D eigenvalue weighted by Gasteiger charge is 2.42. The number of para-hydroxylation sites is 1. The monoisotopic (exact) mass is 541 g/mol. The van der Waals surface area contributed by atoms with Gasteiger partial charge >= 0.3 is 5.97 Å². The summed E-state index contributed by atoms with van der Waals surface area (Å²) in [7, 11) is 3.17. The van der Waals surface area contributed by atoms with Crippen molar-refractivity contribution in [3.63, 3.8) is 0 Å². The first kappa shape index (κ1) is 24.9. The zero-order chi connectivity index (χ0) is 27.3. The first-order chi connectivity index (χ1) is 18.9. The number of aromatic carboxylic acids is 1. The van der Waals surface area contributed by atoms with Crippen molar-refractivity contribution in [3.05, 3.63) is 98.5 Å². The average molecular weight is 542 g/mol. The van der Waals surface area contributed by atoms with Crippen LogP contribution in [0, 0.1) is 6.92 Å². The molecule has 8 nitrogen and oxygen atoms in total. The van der Waals surface area contributed by atoms with Gasteiger partial charge in [0.05, 0.1) is 31.2 Å². The number of carbonyl (C=O) groups excluding carboxylic acids is 1. The highest BCUT2D eigenvalue weighted by Crippen LogP contribution is 2.50. The molecule has 6 rings (SSSR count). The van der Waals surface area contributed by atoms with E-state index in [0.29, 0.717) is 41.5 Å². The lowest BCUT2D eigenvalue weighted by Gasteiger charge is -2.35. The molecule has 0 saturated carbocycles. The van der Waals surface area contributed by atoms with Gasteiger partial charge in [0.2, 0.25) is 0 Å². The van der Waals surface area contributed by atoms with Crippen LogP contribution in [0.4, 0.5) is 5.82 Å². The Kier molecular flexibility index (Phi) is 6.23. The van der Waals surface area contributed by atoms with Crippen molar-refractivity contribution in [1.29, 1.82) is 0 Å². The molecular weight excluding hydrogens is 514 g/mol. The summed E-state index contributed by atoms with van der Waals surface area (Å²) in [5.41, 5.74) is 4.57. The van der Waals surface area contributed by atoms with E-state index in [9.17, 15) is 14.7 Å². The number of allylic oxidation sites excluding steroid dienone is 2. The predicted molar refractivity (Wildman–Crippen MR) is 149 cm³/mol. The number of rotatable bonds is 6. The Morgan fingerprint density at radius 2 is 1.87 bits per heavy atom. The fourth-order valence-corrected chi connectivity index (χ4v) is 6.61. The second-order valence-electron chi connectivity index (χ2n) is 9.69. The standard InChI is InChI=1S/C30H27N3O5S/c1-16-26-27(17-10-11-23(37-2)24(15-17)38-3)28-20(13-18(14-22(28)34)25-9-6-12-39-25)31-29(26)33(32-16)21-8-5-4-7-19(21)30(35)36/h4-12,15,18,27,31H,13-14H2,1-3H3,(H,35,36)/t18-,27+/m1/s1. The number of carboxylic acids is 1. The first-order valence-corrected chi connectivity index (χ1v) is 13.5. The minimum absolute atomic E-state index is 0.0696. The largest absolute Gasteiger partial charge is 0.493 e. The van der Waals surface area contributed by atoms with Crippen LogP contribution in [0.15, 0.2) is 71.2 Å². The van der Waals surface area contributed by atoms with Crippen molar-refractivity contribution in [1.82, 2.24) is 9.78 Å². The van der Waals surface area contributed by atoms with Crippen molar-refractivity contribution < 1.29 is 24.2 Å². The molecule has 198 valence electrons. The molecule has 0 spiro atoms. The molecule has 0 radical (unpaired) electrons. The van der Waals surface area contributed by atoms with E-state index >= 15 is 0 Å². The summed E-state index contributed by atoms with van der Waals surface area (Å²) in [4.78, 5) is 27.1. The summed E-state index contributed by atoms with van der Waals surface area (Å²) in [6, 6.07) is 16.6. The van der Waals surface area contributed by atoms with Crippen LogP contribution in [-0.4, -0.2) is 40.9 Å². The van der Waals surface area contributed by atoms with Crippen molar-refractivity contribution in [2.24, 2.45) is 0 Å². The van der Waals surface area contributed by atoms with Crippen molar-refractivity contribution in [2.75, 3.05) is 19.5 Å². The zero-order valence-electron chi connectivity index (χ0n) is 21.7. The number of aromatic nitrogens is 2. The highest BCUT2D eigenvalue weighted by molar-refractivity contribution is 7.10. The van der Waals surface area contributed by atoms with Gasteiger partial charge in [-0.3, -0.25) is 4.79 Å². The van der Waals surface area contributed by atoms with Crippen LogP contribution in [-0.2, 0) is 4.79 Å². The number of ketones is 1. The lowest BCUT2D eigenvalue weighted by Crippen LogP contribution is -2.30. The molecule has 2 N–H and O–H groups in total. The van der Waals surface area contributed by atoms with Gasteiger partial charge in [-0.2, -0.15) is 5.10 Å². The van der Waals surface area contributed by atoms with Crippen LogP contribution in [0.2, 0.25) is 0 Å². The van der Waals surface area contributed by atoms with Gasteiger partial charge in [0.1, 0.15) is 5.82 Å². The molecule has 2 aromatic heterocycles. The van der Waals surface area contributed by atoms with Gasteiger partial charge in [0.15, 0.2) is 17.3 Å². The molecule has 0 bridgehead atoms. The van der Waals surface area contributed by atoms with E-state index in [2.05, 4.69) is 11.4 Å². The van der Waals surface area contributed by atoms with Crippen LogP contribution in [0.25, 0.3) is 5.69 Å². The topological polar surface area (TPSA) is 103 Å². The molecular formula is C30H27N3O5S. The number of thiophene rings is 1. The summed E-state index contributed by atoms with van der Waals surface area (Å²) < 4.78 is 12.7. The van der Waals surface area contributed by atoms with Gasteiger partial charge in [-0.15, -0.1) is 11.3 Å². The first-order valence-electron chi connectivity index (χ1n) is 12.6. The molecule has 0 unspecified atom stereocenters.